The summed E-state index contributed by atoms with van der Waals surface area (Å²) in [5.74, 6) is -1.24. The second-order valence-electron chi connectivity index (χ2n) is 7.79. The molecule has 2 aromatic rings. The smallest absolute Gasteiger partial charge is 0.273 e. The van der Waals surface area contributed by atoms with Crippen molar-refractivity contribution in [2.75, 3.05) is 6.54 Å². The summed E-state index contributed by atoms with van der Waals surface area (Å²) < 4.78 is 79.1. The number of hydrogen-bond donors (Lipinski definition) is 1. The fourth-order valence-corrected chi connectivity index (χ4v) is 3.39. The highest BCUT2D eigenvalue weighted by molar-refractivity contribution is 5.92. The zero-order valence-electron chi connectivity index (χ0n) is 16.2. The van der Waals surface area contributed by atoms with Crippen LogP contribution in [0.3, 0.4) is 0 Å². The normalized spacial score (nSPS) is 18.1. The summed E-state index contributed by atoms with van der Waals surface area (Å²) in [5, 5.41) is 5.03. The van der Waals surface area contributed by atoms with Crippen LogP contribution in [0.5, 0.6) is 0 Å². The molecule has 1 saturated heterocycles. The molecule has 1 aliphatic heterocycles. The fraction of sp³-hybridized carbons (Fsp3) is 0.368. The van der Waals surface area contributed by atoms with Crippen LogP contribution < -0.4 is 5.43 Å². The van der Waals surface area contributed by atoms with Gasteiger partial charge in [-0.25, -0.2) is 9.67 Å². The average molecular weight is 459 g/mol. The molecule has 1 N–H and O–H groups in total. The molecule has 1 aromatic heterocycles. The Bertz CT molecular complexity index is 1070. The average Bonchev–Trinajstić information content (AvgIpc) is 3.14. The predicted molar refractivity (Wildman–Crippen MR) is 96.9 cm³/mol. The Hall–Kier alpha value is -3.38. The zero-order chi connectivity index (χ0) is 23.3. The first-order valence-electron chi connectivity index (χ1n) is 9.35. The fourth-order valence-electron chi connectivity index (χ4n) is 3.39. The summed E-state index contributed by atoms with van der Waals surface area (Å²) in [6.07, 6.45) is -4.63. The third kappa shape index (κ3) is 4.60. The highest BCUT2D eigenvalue weighted by Gasteiger charge is 2.52. The van der Waals surface area contributed by atoms with Crippen LogP contribution in [0.1, 0.15) is 30.4 Å². The van der Waals surface area contributed by atoms with Crippen LogP contribution in [0.25, 0.3) is 17.6 Å². The van der Waals surface area contributed by atoms with Gasteiger partial charge >= 0.3 is 12.4 Å². The van der Waals surface area contributed by atoms with Crippen molar-refractivity contribution in [2.24, 2.45) is 5.41 Å². The Morgan fingerprint density at radius 3 is 2.22 bits per heavy atom. The SMILES string of the molecule is O=C(/C=C\n1cnc(-c2cc(C(F)(F)F)cc(C(F)(F)F)c2)n1)NN1CC2(CC2)CC1=O. The Morgan fingerprint density at radius 2 is 1.69 bits per heavy atom. The summed E-state index contributed by atoms with van der Waals surface area (Å²) in [6, 6.07) is 1.03. The molecule has 2 fully saturated rings. The van der Waals surface area contributed by atoms with E-state index in [1.807, 2.05) is 0 Å². The van der Waals surface area contributed by atoms with E-state index >= 15 is 0 Å². The van der Waals surface area contributed by atoms with Crippen molar-refractivity contribution in [1.82, 2.24) is 25.2 Å². The predicted octanol–water partition coefficient (Wildman–Crippen LogP) is 3.50. The molecular formula is C19H15F6N5O2. The lowest BCUT2D eigenvalue weighted by molar-refractivity contribution is -0.143. The molecule has 1 spiro atoms. The van der Waals surface area contributed by atoms with Crippen LogP contribution >= 0.6 is 0 Å². The molecular weight excluding hydrogens is 444 g/mol. The summed E-state index contributed by atoms with van der Waals surface area (Å²) in [5.41, 5.74) is -1.08. The Morgan fingerprint density at radius 1 is 1.06 bits per heavy atom. The molecule has 1 saturated carbocycles. The van der Waals surface area contributed by atoms with Crippen molar-refractivity contribution in [3.8, 4) is 11.4 Å². The van der Waals surface area contributed by atoms with Crippen LogP contribution in [0.2, 0.25) is 0 Å². The Balaban J connectivity index is 1.50. The summed E-state index contributed by atoms with van der Waals surface area (Å²) in [6.45, 7) is 0.427. The lowest BCUT2D eigenvalue weighted by Gasteiger charge is -2.16. The minimum Gasteiger partial charge on any atom is -0.273 e. The molecule has 0 bridgehead atoms. The third-order valence-electron chi connectivity index (χ3n) is 5.26. The first kappa shape index (κ1) is 21.8. The number of aromatic nitrogens is 3. The molecule has 32 heavy (non-hydrogen) atoms. The quantitative estimate of drug-likeness (QED) is 0.561. The van der Waals surface area contributed by atoms with E-state index in [9.17, 15) is 35.9 Å². The van der Waals surface area contributed by atoms with Gasteiger partial charge in [0.15, 0.2) is 5.82 Å². The largest absolute Gasteiger partial charge is 0.416 e. The molecule has 1 aliphatic carbocycles. The van der Waals surface area contributed by atoms with E-state index in [0.29, 0.717) is 25.1 Å². The summed E-state index contributed by atoms with van der Waals surface area (Å²) in [7, 11) is 0. The molecule has 7 nitrogen and oxygen atoms in total. The van der Waals surface area contributed by atoms with E-state index in [2.05, 4.69) is 15.5 Å². The number of amides is 2. The topological polar surface area (TPSA) is 80.1 Å². The number of alkyl halides is 6. The summed E-state index contributed by atoms with van der Waals surface area (Å²) in [4.78, 5) is 27.7. The molecule has 0 unspecified atom stereocenters. The van der Waals surface area contributed by atoms with Gasteiger partial charge in [0.1, 0.15) is 6.33 Å². The lowest BCUT2D eigenvalue weighted by Crippen LogP contribution is -2.42. The van der Waals surface area contributed by atoms with E-state index < -0.39 is 40.8 Å². The number of carbonyl (C=O) groups is 2. The molecule has 2 aliphatic rings. The van der Waals surface area contributed by atoms with Crippen molar-refractivity contribution in [3.05, 3.63) is 41.7 Å². The van der Waals surface area contributed by atoms with Gasteiger partial charge in [-0.3, -0.25) is 20.0 Å². The number of halogens is 6. The number of hydrazine groups is 1. The second-order valence-corrected chi connectivity index (χ2v) is 7.79. The molecule has 1 aromatic carbocycles. The van der Waals surface area contributed by atoms with E-state index in [-0.39, 0.29) is 17.4 Å². The highest BCUT2D eigenvalue weighted by Crippen LogP contribution is 2.52. The minimum absolute atomic E-state index is 0.0101. The number of carbonyl (C=O) groups excluding carboxylic acids is 2. The summed E-state index contributed by atoms with van der Waals surface area (Å²) >= 11 is 0. The number of nitrogens with zero attached hydrogens (tertiary/aromatic N) is 4. The van der Waals surface area contributed by atoms with Gasteiger partial charge in [0, 0.05) is 30.8 Å². The zero-order valence-corrected chi connectivity index (χ0v) is 16.2. The van der Waals surface area contributed by atoms with E-state index in [4.69, 9.17) is 0 Å². The Kier molecular flexibility index (Phi) is 5.01. The Labute approximate surface area is 176 Å². The second kappa shape index (κ2) is 7.35. The standard InChI is InChI=1S/C19H15F6N5O2/c20-18(21,22)12-5-11(6-13(7-12)19(23,24)25)16-26-10-29(28-16)4-1-14(31)27-30-9-17(2-3-17)8-15(30)32/h1,4-7,10H,2-3,8-9H2,(H,27,31)/b4-1-. The van der Waals surface area contributed by atoms with Crippen LogP contribution in [-0.4, -0.2) is 38.1 Å². The number of nitrogens with one attached hydrogen (secondary N) is 1. The van der Waals surface area contributed by atoms with E-state index in [1.54, 1.807) is 0 Å². The lowest BCUT2D eigenvalue weighted by atomic mass is 10.0. The highest BCUT2D eigenvalue weighted by atomic mass is 19.4. The monoisotopic (exact) mass is 459 g/mol. The third-order valence-corrected chi connectivity index (χ3v) is 5.26. The van der Waals surface area contributed by atoms with Gasteiger partial charge in [-0.1, -0.05) is 0 Å². The van der Waals surface area contributed by atoms with E-state index in [1.165, 1.54) is 5.01 Å². The maximum absolute atomic E-state index is 13.0. The van der Waals surface area contributed by atoms with Crippen LogP contribution in [0.15, 0.2) is 30.6 Å². The molecule has 2 amide bonds. The molecule has 170 valence electrons. The van der Waals surface area contributed by atoms with Crippen molar-refractivity contribution >= 4 is 18.0 Å². The van der Waals surface area contributed by atoms with Gasteiger partial charge in [0.2, 0.25) is 5.91 Å². The number of hydrogen-bond acceptors (Lipinski definition) is 4. The first-order valence-corrected chi connectivity index (χ1v) is 9.35. The van der Waals surface area contributed by atoms with Gasteiger partial charge in [-0.2, -0.15) is 26.3 Å². The van der Waals surface area contributed by atoms with Gasteiger partial charge in [-0.15, -0.1) is 5.10 Å². The van der Waals surface area contributed by atoms with Gasteiger partial charge in [-0.05, 0) is 36.5 Å². The number of benzene rings is 1. The maximum atomic E-state index is 13.0. The number of rotatable bonds is 4. The van der Waals surface area contributed by atoms with Gasteiger partial charge in [0.05, 0.1) is 11.1 Å². The van der Waals surface area contributed by atoms with Crippen molar-refractivity contribution in [1.29, 1.82) is 0 Å². The van der Waals surface area contributed by atoms with Crippen molar-refractivity contribution in [3.63, 3.8) is 0 Å². The maximum Gasteiger partial charge on any atom is 0.416 e. The van der Waals surface area contributed by atoms with Crippen LogP contribution in [0.4, 0.5) is 26.3 Å². The van der Waals surface area contributed by atoms with Crippen LogP contribution in [0, 0.1) is 5.41 Å². The molecule has 2 heterocycles. The van der Waals surface area contributed by atoms with Crippen molar-refractivity contribution in [2.45, 2.75) is 31.6 Å². The van der Waals surface area contributed by atoms with Crippen molar-refractivity contribution < 1.29 is 35.9 Å². The first-order chi connectivity index (χ1) is 14.8. The van der Waals surface area contributed by atoms with Gasteiger partial charge in [0.25, 0.3) is 5.91 Å². The molecule has 0 atom stereocenters. The molecule has 4 rings (SSSR count). The van der Waals surface area contributed by atoms with Gasteiger partial charge < -0.3 is 0 Å². The minimum atomic E-state index is -5.00. The van der Waals surface area contributed by atoms with E-state index in [0.717, 1.165) is 36.1 Å². The molecule has 0 radical (unpaired) electrons. The molecule has 13 heteroatoms. The van der Waals surface area contributed by atoms with Crippen LogP contribution in [-0.2, 0) is 21.9 Å².